The minimum Gasteiger partial charge on any atom is -0.497 e. The Kier molecular flexibility index (Phi) is 1.92. The molecular formula is C13H12O3. The molecule has 0 atom stereocenters. The first-order valence-corrected chi connectivity index (χ1v) is 4.78. The predicted molar refractivity (Wildman–Crippen MR) is 61.8 cm³/mol. The molecule has 0 unspecified atom stereocenters. The number of rotatable bonds is 3. The van der Waals surface area contributed by atoms with Gasteiger partial charge >= 0.3 is 5.97 Å². The highest BCUT2D eigenvalue weighted by Crippen LogP contribution is 2.24. The molecule has 0 bridgehead atoms. The molecule has 0 heterocycles. The first-order chi connectivity index (χ1) is 8.85. The lowest BCUT2D eigenvalue weighted by Crippen LogP contribution is -2.00. The van der Waals surface area contributed by atoms with Gasteiger partial charge in [0, 0.05) is 0 Å². The first kappa shape index (κ1) is 7.28. The van der Waals surface area contributed by atoms with Crippen molar-refractivity contribution in [2.75, 3.05) is 7.04 Å². The zero-order chi connectivity index (χ0) is 14.0. The molecule has 1 N–H and O–H groups in total. The van der Waals surface area contributed by atoms with Crippen molar-refractivity contribution >= 4 is 16.7 Å². The van der Waals surface area contributed by atoms with Crippen molar-refractivity contribution < 1.29 is 18.8 Å². The van der Waals surface area contributed by atoms with Crippen LogP contribution in [0.3, 0.4) is 0 Å². The summed E-state index contributed by atoms with van der Waals surface area (Å²) in [6.45, 7) is 0. The quantitative estimate of drug-likeness (QED) is 0.862. The van der Waals surface area contributed by atoms with E-state index in [1.54, 1.807) is 30.3 Å². The van der Waals surface area contributed by atoms with Gasteiger partial charge in [-0.25, -0.2) is 0 Å². The van der Waals surface area contributed by atoms with Crippen LogP contribution in [0.4, 0.5) is 0 Å². The Balaban J connectivity index is 2.47. The van der Waals surface area contributed by atoms with Gasteiger partial charge in [0.15, 0.2) is 0 Å². The van der Waals surface area contributed by atoms with E-state index in [1.807, 2.05) is 6.07 Å². The molecule has 0 aromatic heterocycles. The lowest BCUT2D eigenvalue weighted by Gasteiger charge is -2.06. The highest BCUT2D eigenvalue weighted by atomic mass is 16.5. The largest absolute Gasteiger partial charge is 0.497 e. The molecule has 0 saturated carbocycles. The van der Waals surface area contributed by atoms with Gasteiger partial charge in [-0.1, -0.05) is 24.3 Å². The molecule has 0 aliphatic rings. The monoisotopic (exact) mass is 219 g/mol. The van der Waals surface area contributed by atoms with Crippen molar-refractivity contribution in [3.63, 3.8) is 0 Å². The van der Waals surface area contributed by atoms with E-state index in [0.29, 0.717) is 10.9 Å². The minimum atomic E-state index is -2.52. The van der Waals surface area contributed by atoms with E-state index in [4.69, 9.17) is 14.0 Å². The van der Waals surface area contributed by atoms with E-state index in [1.165, 1.54) is 0 Å². The fourth-order valence-electron chi connectivity index (χ4n) is 1.70. The second-order valence-electron chi connectivity index (χ2n) is 3.47. The molecule has 0 radical (unpaired) electrons. The topological polar surface area (TPSA) is 46.5 Å². The van der Waals surface area contributed by atoms with Crippen LogP contribution >= 0.6 is 0 Å². The summed E-state index contributed by atoms with van der Waals surface area (Å²) in [5.41, 5.74) is 0.626. The van der Waals surface area contributed by atoms with Crippen LogP contribution in [0.1, 0.15) is 9.68 Å². The van der Waals surface area contributed by atoms with E-state index in [0.717, 1.165) is 5.39 Å². The maximum absolute atomic E-state index is 10.8. The maximum atomic E-state index is 10.8. The molecule has 2 aromatic carbocycles. The van der Waals surface area contributed by atoms with Crippen LogP contribution in [0.5, 0.6) is 5.75 Å². The second-order valence-corrected chi connectivity index (χ2v) is 3.47. The van der Waals surface area contributed by atoms with Crippen molar-refractivity contribution in [3.05, 3.63) is 42.0 Å². The molecule has 2 rings (SSSR count). The van der Waals surface area contributed by atoms with Crippen molar-refractivity contribution in [1.29, 1.82) is 0 Å². The van der Waals surface area contributed by atoms with Gasteiger partial charge in [0.05, 0.1) is 17.6 Å². The predicted octanol–water partition coefficient (Wildman–Crippen LogP) is 2.48. The average Bonchev–Trinajstić information content (AvgIpc) is 2.27. The lowest BCUT2D eigenvalue weighted by atomic mass is 10.0. The van der Waals surface area contributed by atoms with Gasteiger partial charge < -0.3 is 9.84 Å². The van der Waals surface area contributed by atoms with Gasteiger partial charge in [-0.05, 0) is 28.5 Å². The number of ether oxygens (including phenoxy) is 1. The lowest BCUT2D eigenvalue weighted by molar-refractivity contribution is -0.136. The molecule has 2 aromatic rings. The molecule has 0 spiro atoms. The van der Waals surface area contributed by atoms with Crippen LogP contribution in [-0.2, 0) is 11.2 Å². The van der Waals surface area contributed by atoms with E-state index in [2.05, 4.69) is 0 Å². The zero-order valence-electron chi connectivity index (χ0n) is 11.4. The van der Waals surface area contributed by atoms with Gasteiger partial charge in [0.1, 0.15) is 5.75 Å². The minimum absolute atomic E-state index is 0.117. The summed E-state index contributed by atoms with van der Waals surface area (Å²) in [5, 5.41) is 10.4. The Morgan fingerprint density at radius 3 is 3.06 bits per heavy atom. The third-order valence-electron chi connectivity index (χ3n) is 2.40. The van der Waals surface area contributed by atoms with Gasteiger partial charge in [-0.3, -0.25) is 4.79 Å². The molecule has 3 heteroatoms. The fourth-order valence-corrected chi connectivity index (χ4v) is 1.70. The summed E-state index contributed by atoms with van der Waals surface area (Å²) in [5.74, 6) is -0.736. The van der Waals surface area contributed by atoms with E-state index in [9.17, 15) is 4.79 Å². The number of hydrogen-bond donors (Lipinski definition) is 1. The number of benzene rings is 2. The van der Waals surface area contributed by atoms with Crippen molar-refractivity contribution in [1.82, 2.24) is 0 Å². The van der Waals surface area contributed by atoms with Crippen molar-refractivity contribution in [2.24, 2.45) is 0 Å². The van der Waals surface area contributed by atoms with Crippen LogP contribution in [0, 0.1) is 0 Å². The van der Waals surface area contributed by atoms with Gasteiger partial charge in [0.2, 0.25) is 0 Å². The summed E-state index contributed by atoms with van der Waals surface area (Å²) in [7, 11) is -2.52. The Labute approximate surface area is 97.5 Å². The molecule has 0 saturated heterocycles. The number of methoxy groups -OCH3 is 1. The van der Waals surface area contributed by atoms with Gasteiger partial charge in [-0.2, -0.15) is 0 Å². The molecular weight excluding hydrogens is 204 g/mol. The Morgan fingerprint density at radius 1 is 1.44 bits per heavy atom. The summed E-state index contributed by atoms with van der Waals surface area (Å²) >= 11 is 0. The summed E-state index contributed by atoms with van der Waals surface area (Å²) in [4.78, 5) is 10.8. The van der Waals surface area contributed by atoms with Crippen molar-refractivity contribution in [3.8, 4) is 5.75 Å². The van der Waals surface area contributed by atoms with Gasteiger partial charge in [0.25, 0.3) is 0 Å². The second kappa shape index (κ2) is 4.23. The molecule has 0 amide bonds. The average molecular weight is 219 g/mol. The standard InChI is InChI=1S/C13H12O3/c1-16-11-6-5-9-3-2-4-10(7-13(14)15)12(9)8-11/h2-6,8H,7H2,1H3,(H,14,15)/i1D3. The molecule has 3 nitrogen and oxygen atoms in total. The molecule has 0 fully saturated rings. The first-order valence-electron chi connectivity index (χ1n) is 6.28. The third kappa shape index (κ3) is 1.98. The zero-order valence-corrected chi connectivity index (χ0v) is 8.43. The number of carbonyl (C=O) groups is 1. The highest BCUT2D eigenvalue weighted by Gasteiger charge is 2.06. The van der Waals surface area contributed by atoms with Crippen LogP contribution in [0.2, 0.25) is 0 Å². The number of hydrogen-bond acceptors (Lipinski definition) is 2. The number of aliphatic carboxylic acids is 1. The van der Waals surface area contributed by atoms with E-state index < -0.39 is 13.0 Å². The smallest absolute Gasteiger partial charge is 0.307 e. The van der Waals surface area contributed by atoms with E-state index in [-0.39, 0.29) is 12.2 Å². The molecule has 16 heavy (non-hydrogen) atoms. The van der Waals surface area contributed by atoms with Crippen LogP contribution in [0.15, 0.2) is 36.4 Å². The Morgan fingerprint density at radius 2 is 2.31 bits per heavy atom. The fraction of sp³-hybridized carbons (Fsp3) is 0.154. The van der Waals surface area contributed by atoms with Crippen LogP contribution in [0.25, 0.3) is 10.8 Å². The summed E-state index contributed by atoms with van der Waals surface area (Å²) in [6, 6.07) is 10.1. The molecule has 82 valence electrons. The molecule has 0 aliphatic carbocycles. The van der Waals surface area contributed by atoms with Crippen molar-refractivity contribution in [2.45, 2.75) is 6.42 Å². The third-order valence-corrected chi connectivity index (χ3v) is 2.40. The number of carboxylic acid groups (broad SMARTS) is 1. The highest BCUT2D eigenvalue weighted by molar-refractivity contribution is 5.89. The SMILES string of the molecule is [2H]C([2H])([2H])Oc1ccc2cccc(CC(=O)O)c2c1. The number of fused-ring (bicyclic) bond motifs is 1. The number of carboxylic acids is 1. The molecule has 0 aliphatic heterocycles. The summed E-state index contributed by atoms with van der Waals surface area (Å²) < 4.78 is 26.0. The maximum Gasteiger partial charge on any atom is 0.307 e. The normalized spacial score (nSPS) is 13.9. The Hall–Kier alpha value is -2.03. The van der Waals surface area contributed by atoms with Gasteiger partial charge in [-0.15, -0.1) is 0 Å². The van der Waals surface area contributed by atoms with E-state index >= 15 is 0 Å². The summed E-state index contributed by atoms with van der Waals surface area (Å²) in [6.07, 6.45) is -0.117. The van der Waals surface area contributed by atoms with Crippen LogP contribution in [-0.4, -0.2) is 18.1 Å². The van der Waals surface area contributed by atoms with Crippen LogP contribution < -0.4 is 4.74 Å². The Bertz CT molecular complexity index is 620.